The summed E-state index contributed by atoms with van der Waals surface area (Å²) < 4.78 is 30.9. The molecule has 26 heavy (non-hydrogen) atoms. The van der Waals surface area contributed by atoms with Crippen molar-refractivity contribution in [2.45, 2.75) is 18.7 Å². The average molecular weight is 371 g/mol. The lowest BCUT2D eigenvalue weighted by Crippen LogP contribution is -2.14. The third-order valence-corrected chi connectivity index (χ3v) is 4.62. The second kappa shape index (κ2) is 7.82. The lowest BCUT2D eigenvalue weighted by Gasteiger charge is -2.09. The van der Waals surface area contributed by atoms with Gasteiger partial charge in [-0.1, -0.05) is 12.1 Å². The van der Waals surface area contributed by atoms with E-state index < -0.39 is 16.0 Å². The number of carbonyl (C=O) groups excluding carboxylic acids is 1. The normalized spacial score (nSPS) is 11.5. The number of benzene rings is 2. The molecule has 0 saturated heterocycles. The maximum absolute atomic E-state index is 12.2. The minimum Gasteiger partial charge on any atom is -0.360 e. The molecule has 2 aromatic carbocycles. The Hall–Kier alpha value is -3.15. The number of hydrogen-bond acceptors (Lipinski definition) is 5. The Morgan fingerprint density at radius 3 is 2.38 bits per heavy atom. The second-order valence-corrected chi connectivity index (χ2v) is 6.94. The Labute approximate surface area is 151 Å². The van der Waals surface area contributed by atoms with Gasteiger partial charge in [0.1, 0.15) is 11.6 Å². The van der Waals surface area contributed by atoms with Gasteiger partial charge in [-0.3, -0.25) is 9.35 Å². The van der Waals surface area contributed by atoms with E-state index in [1.165, 1.54) is 18.3 Å². The van der Waals surface area contributed by atoms with Gasteiger partial charge in [-0.05, 0) is 55.3 Å². The zero-order valence-corrected chi connectivity index (χ0v) is 15.0. The van der Waals surface area contributed by atoms with Gasteiger partial charge in [0.05, 0.1) is 4.90 Å². The number of nitrogens with one attached hydrogen (secondary N) is 2. The molecule has 3 N–H and O–H groups in total. The summed E-state index contributed by atoms with van der Waals surface area (Å²) in [6, 6.07) is 12.4. The van der Waals surface area contributed by atoms with Crippen LogP contribution in [0.3, 0.4) is 0 Å². The summed E-state index contributed by atoms with van der Waals surface area (Å²) in [5.74, 6) is -0.648. The zero-order chi connectivity index (χ0) is 19.3. The molecule has 0 fully saturated rings. The quantitative estimate of drug-likeness (QED) is 0.422. The minimum absolute atomic E-state index is 0.148. The molecule has 0 aliphatic carbocycles. The van der Waals surface area contributed by atoms with Gasteiger partial charge >= 0.3 is 0 Å². The number of amides is 1. The van der Waals surface area contributed by atoms with Crippen molar-refractivity contribution in [2.24, 2.45) is 0 Å². The molecule has 0 aromatic heterocycles. The number of rotatable bonds is 5. The Bertz CT molecular complexity index is 1000. The number of anilines is 2. The lowest BCUT2D eigenvalue weighted by molar-refractivity contribution is -0.112. The van der Waals surface area contributed by atoms with Gasteiger partial charge in [0.25, 0.3) is 16.0 Å². The maximum Gasteiger partial charge on any atom is 0.294 e. The number of nitriles is 1. The third-order valence-electron chi connectivity index (χ3n) is 3.75. The fourth-order valence-corrected chi connectivity index (χ4v) is 2.59. The standard InChI is InChI=1S/C18H17N3O4S/c1-12-4-3-5-17(13(12)2)20-11-14(10-19)18(22)21-15-6-8-16(9-7-15)26(23,24)25/h3-9,11,20H,1-2H3,(H,21,22)(H,23,24,25)/b14-11-. The molecular formula is C18H17N3O4S. The van der Waals surface area contributed by atoms with Crippen LogP contribution >= 0.6 is 0 Å². The largest absolute Gasteiger partial charge is 0.360 e. The molecule has 2 rings (SSSR count). The summed E-state index contributed by atoms with van der Waals surface area (Å²) >= 11 is 0. The monoisotopic (exact) mass is 371 g/mol. The van der Waals surface area contributed by atoms with E-state index in [-0.39, 0.29) is 16.2 Å². The summed E-state index contributed by atoms with van der Waals surface area (Å²) in [6.07, 6.45) is 1.31. The van der Waals surface area contributed by atoms with Crippen molar-refractivity contribution in [3.63, 3.8) is 0 Å². The van der Waals surface area contributed by atoms with Crippen LogP contribution in [0.5, 0.6) is 0 Å². The zero-order valence-electron chi connectivity index (χ0n) is 14.1. The van der Waals surface area contributed by atoms with E-state index in [1.807, 2.05) is 38.1 Å². The molecule has 134 valence electrons. The van der Waals surface area contributed by atoms with Crippen LogP contribution in [0.15, 0.2) is 59.1 Å². The maximum atomic E-state index is 12.2. The van der Waals surface area contributed by atoms with Crippen molar-refractivity contribution >= 4 is 27.4 Å². The molecule has 2 aromatic rings. The van der Waals surface area contributed by atoms with E-state index in [9.17, 15) is 18.5 Å². The molecule has 0 bridgehead atoms. The van der Waals surface area contributed by atoms with Crippen molar-refractivity contribution in [1.82, 2.24) is 0 Å². The molecule has 7 nitrogen and oxygen atoms in total. The van der Waals surface area contributed by atoms with E-state index in [1.54, 1.807) is 0 Å². The van der Waals surface area contributed by atoms with Crippen LogP contribution in [0.2, 0.25) is 0 Å². The molecule has 8 heteroatoms. The third kappa shape index (κ3) is 4.69. The molecule has 0 heterocycles. The Morgan fingerprint density at radius 1 is 1.15 bits per heavy atom. The fraction of sp³-hybridized carbons (Fsp3) is 0.111. The highest BCUT2D eigenvalue weighted by molar-refractivity contribution is 7.85. The molecule has 0 saturated carbocycles. The molecule has 0 spiro atoms. The summed E-state index contributed by atoms with van der Waals surface area (Å²) in [7, 11) is -4.30. The average Bonchev–Trinajstić information content (AvgIpc) is 2.58. The molecule has 1 amide bonds. The van der Waals surface area contributed by atoms with Crippen molar-refractivity contribution in [3.05, 3.63) is 65.4 Å². The molecule has 0 unspecified atom stereocenters. The number of nitrogens with zero attached hydrogens (tertiary/aromatic N) is 1. The van der Waals surface area contributed by atoms with Crippen LogP contribution in [0.4, 0.5) is 11.4 Å². The van der Waals surface area contributed by atoms with Crippen molar-refractivity contribution in [2.75, 3.05) is 10.6 Å². The molecule has 0 atom stereocenters. The first-order valence-electron chi connectivity index (χ1n) is 7.54. The topological polar surface area (TPSA) is 119 Å². The first kappa shape index (κ1) is 19.2. The van der Waals surface area contributed by atoms with Gasteiger partial charge in [-0.25, -0.2) is 0 Å². The Balaban J connectivity index is 2.13. The smallest absolute Gasteiger partial charge is 0.294 e. The fourth-order valence-electron chi connectivity index (χ4n) is 2.11. The molecular weight excluding hydrogens is 354 g/mol. The van der Waals surface area contributed by atoms with Crippen LogP contribution in [0.25, 0.3) is 0 Å². The molecule has 0 radical (unpaired) electrons. The van der Waals surface area contributed by atoms with Crippen LogP contribution < -0.4 is 10.6 Å². The van der Waals surface area contributed by atoms with Crippen molar-refractivity contribution in [3.8, 4) is 6.07 Å². The van der Waals surface area contributed by atoms with Crippen LogP contribution in [-0.4, -0.2) is 18.9 Å². The van der Waals surface area contributed by atoms with Gasteiger partial charge in [-0.2, -0.15) is 13.7 Å². The van der Waals surface area contributed by atoms with E-state index in [2.05, 4.69) is 10.6 Å². The number of carbonyl (C=O) groups is 1. The van der Waals surface area contributed by atoms with Gasteiger partial charge in [0.2, 0.25) is 0 Å². The Morgan fingerprint density at radius 2 is 1.81 bits per heavy atom. The first-order valence-corrected chi connectivity index (χ1v) is 8.98. The first-order chi connectivity index (χ1) is 12.2. The van der Waals surface area contributed by atoms with Crippen molar-refractivity contribution in [1.29, 1.82) is 5.26 Å². The van der Waals surface area contributed by atoms with E-state index >= 15 is 0 Å². The molecule has 0 aliphatic rings. The van der Waals surface area contributed by atoms with Crippen molar-refractivity contribution < 1.29 is 17.8 Å². The van der Waals surface area contributed by atoms with E-state index in [0.29, 0.717) is 0 Å². The predicted octanol–water partition coefficient (Wildman–Crippen LogP) is 3.01. The Kier molecular flexibility index (Phi) is 5.77. The van der Waals surface area contributed by atoms with Crippen LogP contribution in [0.1, 0.15) is 11.1 Å². The van der Waals surface area contributed by atoms with Gasteiger partial charge in [0.15, 0.2) is 0 Å². The van der Waals surface area contributed by atoms with E-state index in [0.717, 1.165) is 28.9 Å². The number of hydrogen-bond donors (Lipinski definition) is 3. The van der Waals surface area contributed by atoms with Gasteiger partial charge in [0, 0.05) is 17.6 Å². The number of aryl methyl sites for hydroxylation is 1. The molecule has 0 aliphatic heterocycles. The SMILES string of the molecule is Cc1cccc(N/C=C(/C#N)C(=O)Nc2ccc(S(=O)(=O)O)cc2)c1C. The summed E-state index contributed by atoms with van der Waals surface area (Å²) in [5, 5.41) is 14.6. The van der Waals surface area contributed by atoms with Crippen LogP contribution in [0, 0.1) is 25.2 Å². The highest BCUT2D eigenvalue weighted by Crippen LogP contribution is 2.18. The summed E-state index contributed by atoms with van der Waals surface area (Å²) in [5.41, 5.74) is 3.00. The minimum atomic E-state index is -4.30. The van der Waals surface area contributed by atoms with Crippen LogP contribution in [-0.2, 0) is 14.9 Å². The summed E-state index contributed by atoms with van der Waals surface area (Å²) in [6.45, 7) is 3.88. The summed E-state index contributed by atoms with van der Waals surface area (Å²) in [4.78, 5) is 11.9. The second-order valence-electron chi connectivity index (χ2n) is 5.52. The highest BCUT2D eigenvalue weighted by Gasteiger charge is 2.12. The van der Waals surface area contributed by atoms with Gasteiger partial charge < -0.3 is 10.6 Å². The van der Waals surface area contributed by atoms with Gasteiger partial charge in [-0.15, -0.1) is 0 Å². The van der Waals surface area contributed by atoms with E-state index in [4.69, 9.17) is 4.55 Å². The lowest BCUT2D eigenvalue weighted by atomic mass is 10.1. The highest BCUT2D eigenvalue weighted by atomic mass is 32.2. The predicted molar refractivity (Wildman–Crippen MR) is 98.1 cm³/mol.